The van der Waals surface area contributed by atoms with Gasteiger partial charge in [0.15, 0.2) is 0 Å². The van der Waals surface area contributed by atoms with Crippen LogP contribution in [0.3, 0.4) is 0 Å². The molecule has 0 amide bonds. The first-order chi connectivity index (χ1) is 9.58. The lowest BCUT2D eigenvalue weighted by atomic mass is 10.1. The third-order valence-electron chi connectivity index (χ3n) is 2.75. The van der Waals surface area contributed by atoms with Crippen LogP contribution in [0, 0.1) is 0 Å². The summed E-state index contributed by atoms with van der Waals surface area (Å²) in [4.78, 5) is 4.18. The van der Waals surface area contributed by atoms with Gasteiger partial charge in [-0.1, -0.05) is 46.3 Å². The molecule has 0 bridgehead atoms. The molecule has 0 saturated heterocycles. The molecule has 2 N–H and O–H groups in total. The monoisotopic (exact) mass is 397 g/mol. The van der Waals surface area contributed by atoms with Gasteiger partial charge in [-0.05, 0) is 33.6 Å². The van der Waals surface area contributed by atoms with Gasteiger partial charge in [-0.15, -0.1) is 0 Å². The highest BCUT2D eigenvalue weighted by Crippen LogP contribution is 2.30. The lowest BCUT2D eigenvalue weighted by molar-refractivity contribution is 0.187. The molecule has 20 heavy (non-hydrogen) atoms. The molecule has 0 aromatic heterocycles. The average molecular weight is 399 g/mol. The van der Waals surface area contributed by atoms with Crippen molar-refractivity contribution in [1.29, 1.82) is 0 Å². The van der Waals surface area contributed by atoms with Crippen molar-refractivity contribution >= 4 is 38.1 Å². The number of rotatable bonds is 4. The molecule has 0 aliphatic rings. The summed E-state index contributed by atoms with van der Waals surface area (Å²) in [6.45, 7) is 0.244. The van der Waals surface area contributed by atoms with Crippen molar-refractivity contribution in [1.82, 2.24) is 0 Å². The first-order valence-corrected chi connectivity index (χ1v) is 7.57. The number of benzene rings is 2. The maximum absolute atomic E-state index is 9.98. The van der Waals surface area contributed by atoms with E-state index in [-0.39, 0.29) is 12.3 Å². The molecule has 0 radical (unpaired) electrons. The van der Waals surface area contributed by atoms with E-state index < -0.39 is 6.10 Å². The molecule has 1 unspecified atom stereocenters. The molecule has 0 spiro atoms. The van der Waals surface area contributed by atoms with Gasteiger partial charge in [-0.2, -0.15) is 0 Å². The van der Waals surface area contributed by atoms with Crippen LogP contribution >= 0.6 is 31.9 Å². The number of phenols is 1. The fourth-order valence-corrected chi connectivity index (χ4v) is 2.97. The highest BCUT2D eigenvalue weighted by molar-refractivity contribution is 9.11. The quantitative estimate of drug-likeness (QED) is 0.762. The number of phenolic OH excluding ortho intramolecular Hbond substituents is 1. The number of halogens is 2. The summed E-state index contributed by atoms with van der Waals surface area (Å²) >= 11 is 6.62. The second-order valence-corrected chi connectivity index (χ2v) is 6.02. The number of hydrogen-bond acceptors (Lipinski definition) is 3. The molecule has 104 valence electrons. The van der Waals surface area contributed by atoms with Crippen molar-refractivity contribution in [3.63, 3.8) is 0 Å². The van der Waals surface area contributed by atoms with Gasteiger partial charge in [0.05, 0.1) is 17.1 Å². The summed E-state index contributed by atoms with van der Waals surface area (Å²) < 4.78 is 1.43. The zero-order valence-electron chi connectivity index (χ0n) is 10.5. The van der Waals surface area contributed by atoms with Crippen molar-refractivity contribution in [2.45, 2.75) is 6.10 Å². The first-order valence-electron chi connectivity index (χ1n) is 5.99. The van der Waals surface area contributed by atoms with Gasteiger partial charge < -0.3 is 10.2 Å². The van der Waals surface area contributed by atoms with Gasteiger partial charge in [0, 0.05) is 16.3 Å². The molecule has 1 atom stereocenters. The van der Waals surface area contributed by atoms with Crippen molar-refractivity contribution in [3.8, 4) is 5.75 Å². The van der Waals surface area contributed by atoms with Gasteiger partial charge in [0.1, 0.15) is 5.75 Å². The Morgan fingerprint density at radius 2 is 1.85 bits per heavy atom. The molecule has 2 rings (SSSR count). The minimum absolute atomic E-state index is 0.131. The van der Waals surface area contributed by atoms with E-state index in [0.29, 0.717) is 10.0 Å². The Balaban J connectivity index is 2.07. The number of hydrogen-bond donors (Lipinski definition) is 2. The first kappa shape index (κ1) is 15.2. The topological polar surface area (TPSA) is 52.8 Å². The summed E-state index contributed by atoms with van der Waals surface area (Å²) in [5.41, 5.74) is 1.41. The Kier molecular flexibility index (Phi) is 5.34. The number of aliphatic hydroxyl groups excluding tert-OH is 1. The molecular weight excluding hydrogens is 386 g/mol. The maximum atomic E-state index is 9.98. The molecule has 0 fully saturated rings. The van der Waals surface area contributed by atoms with Crippen LogP contribution in [-0.2, 0) is 0 Å². The van der Waals surface area contributed by atoms with E-state index in [4.69, 9.17) is 0 Å². The fraction of sp³-hybridized carbons (Fsp3) is 0.133. The predicted octanol–water partition coefficient (Wildman–Crippen LogP) is 4.07. The van der Waals surface area contributed by atoms with Crippen molar-refractivity contribution in [2.75, 3.05) is 6.54 Å². The molecule has 2 aromatic carbocycles. The number of nitrogens with zero attached hydrogens (tertiary/aromatic N) is 1. The molecule has 0 aliphatic carbocycles. The summed E-state index contributed by atoms with van der Waals surface area (Å²) in [5.74, 6) is 0.131. The van der Waals surface area contributed by atoms with Crippen molar-refractivity contribution in [2.24, 2.45) is 4.99 Å². The Morgan fingerprint density at radius 3 is 2.55 bits per heavy atom. The van der Waals surface area contributed by atoms with Crippen LogP contribution in [0.1, 0.15) is 17.2 Å². The van der Waals surface area contributed by atoms with Gasteiger partial charge in [-0.3, -0.25) is 4.99 Å². The SMILES string of the molecule is Oc1c(Br)cc(Br)cc1C=NCC(O)c1ccccc1. The second kappa shape index (κ2) is 7.02. The van der Waals surface area contributed by atoms with E-state index in [9.17, 15) is 10.2 Å². The van der Waals surface area contributed by atoms with Crippen LogP contribution in [0.15, 0.2) is 56.4 Å². The van der Waals surface area contributed by atoms with Crippen molar-refractivity contribution < 1.29 is 10.2 Å². The van der Waals surface area contributed by atoms with Crippen LogP contribution in [0.5, 0.6) is 5.75 Å². The molecule has 5 heteroatoms. The summed E-state index contributed by atoms with van der Waals surface area (Å²) in [6, 6.07) is 12.9. The fourth-order valence-electron chi connectivity index (χ4n) is 1.72. The lowest BCUT2D eigenvalue weighted by Crippen LogP contribution is -2.01. The lowest BCUT2D eigenvalue weighted by Gasteiger charge is -2.07. The molecule has 2 aromatic rings. The molecular formula is C15H13Br2NO2. The number of aliphatic hydroxyl groups is 1. The standard InChI is InChI=1S/C15H13Br2NO2/c16-12-6-11(15(20)13(17)7-12)8-18-9-14(19)10-4-2-1-3-5-10/h1-8,14,19-20H,9H2. The van der Waals surface area contributed by atoms with E-state index in [1.54, 1.807) is 18.3 Å². The third-order valence-corrected chi connectivity index (χ3v) is 3.81. The summed E-state index contributed by atoms with van der Waals surface area (Å²) in [5, 5.41) is 19.9. The Hall–Kier alpha value is -1.17. The largest absolute Gasteiger partial charge is 0.506 e. The Bertz CT molecular complexity index is 615. The number of aliphatic imine (C=N–C) groups is 1. The van der Waals surface area contributed by atoms with Crippen LogP contribution in [0.25, 0.3) is 0 Å². The highest BCUT2D eigenvalue weighted by atomic mass is 79.9. The van der Waals surface area contributed by atoms with E-state index in [1.807, 2.05) is 30.3 Å². The molecule has 0 saturated carbocycles. The Labute approximate surface area is 134 Å². The smallest absolute Gasteiger partial charge is 0.138 e. The second-order valence-electron chi connectivity index (χ2n) is 4.25. The van der Waals surface area contributed by atoms with Gasteiger partial charge in [0.2, 0.25) is 0 Å². The van der Waals surface area contributed by atoms with Crippen LogP contribution in [-0.4, -0.2) is 23.0 Å². The van der Waals surface area contributed by atoms with Crippen molar-refractivity contribution in [3.05, 3.63) is 62.5 Å². The van der Waals surface area contributed by atoms with Gasteiger partial charge in [-0.25, -0.2) is 0 Å². The van der Waals surface area contributed by atoms with Crippen LogP contribution in [0.2, 0.25) is 0 Å². The zero-order chi connectivity index (χ0) is 14.5. The highest BCUT2D eigenvalue weighted by Gasteiger charge is 2.07. The predicted molar refractivity (Wildman–Crippen MR) is 87.4 cm³/mol. The van der Waals surface area contributed by atoms with E-state index in [0.717, 1.165) is 10.0 Å². The van der Waals surface area contributed by atoms with Gasteiger partial charge in [0.25, 0.3) is 0 Å². The number of aromatic hydroxyl groups is 1. The minimum atomic E-state index is -0.648. The van der Waals surface area contributed by atoms with Crippen LogP contribution in [0.4, 0.5) is 0 Å². The van der Waals surface area contributed by atoms with Crippen LogP contribution < -0.4 is 0 Å². The van der Waals surface area contributed by atoms with Gasteiger partial charge >= 0.3 is 0 Å². The Morgan fingerprint density at radius 1 is 1.15 bits per heavy atom. The normalized spacial score (nSPS) is 12.8. The van der Waals surface area contributed by atoms with E-state index in [2.05, 4.69) is 36.9 Å². The van der Waals surface area contributed by atoms with E-state index >= 15 is 0 Å². The molecule has 0 aliphatic heterocycles. The summed E-state index contributed by atoms with van der Waals surface area (Å²) in [7, 11) is 0. The minimum Gasteiger partial charge on any atom is -0.506 e. The summed E-state index contributed by atoms with van der Waals surface area (Å²) in [6.07, 6.45) is 0.905. The molecule has 3 nitrogen and oxygen atoms in total. The maximum Gasteiger partial charge on any atom is 0.138 e. The van der Waals surface area contributed by atoms with E-state index in [1.165, 1.54) is 0 Å². The third kappa shape index (κ3) is 3.91. The zero-order valence-corrected chi connectivity index (χ0v) is 13.7. The molecule has 0 heterocycles. The average Bonchev–Trinajstić information content (AvgIpc) is 2.44.